The largest absolute Gasteiger partial charge is 0.481 e. The Kier molecular flexibility index (Phi) is 8.41. The highest BCUT2D eigenvalue weighted by Gasteiger charge is 2.49. The Labute approximate surface area is 147 Å². The van der Waals surface area contributed by atoms with E-state index in [2.05, 4.69) is 0 Å². The molecular formula is C20H36O4. The van der Waals surface area contributed by atoms with Gasteiger partial charge in [-0.05, 0) is 45.4 Å². The SMILES string of the molecule is CC(=O)C(C)(C)CCCCCC(O)CCCCCC1(C(=O)O)CC1. The lowest BCUT2D eigenvalue weighted by atomic mass is 9.83. The van der Waals surface area contributed by atoms with Gasteiger partial charge < -0.3 is 10.2 Å². The molecule has 0 heterocycles. The minimum absolute atomic E-state index is 0.215. The Hall–Kier alpha value is -0.900. The molecule has 1 rings (SSSR count). The van der Waals surface area contributed by atoms with Crippen molar-refractivity contribution in [3.63, 3.8) is 0 Å². The predicted molar refractivity (Wildman–Crippen MR) is 95.9 cm³/mol. The van der Waals surface area contributed by atoms with Gasteiger partial charge in [-0.25, -0.2) is 0 Å². The molecule has 0 bridgehead atoms. The average molecular weight is 341 g/mol. The van der Waals surface area contributed by atoms with Gasteiger partial charge in [-0.3, -0.25) is 9.59 Å². The van der Waals surface area contributed by atoms with Crippen LogP contribution in [-0.2, 0) is 9.59 Å². The van der Waals surface area contributed by atoms with Crippen molar-refractivity contribution < 1.29 is 19.8 Å². The number of hydrogen-bond acceptors (Lipinski definition) is 3. The van der Waals surface area contributed by atoms with E-state index in [9.17, 15) is 14.7 Å². The number of aliphatic hydroxyl groups excluding tert-OH is 1. The molecule has 0 aromatic rings. The number of unbranched alkanes of at least 4 members (excludes halogenated alkanes) is 4. The van der Waals surface area contributed by atoms with Crippen LogP contribution in [0.25, 0.3) is 0 Å². The fraction of sp³-hybridized carbons (Fsp3) is 0.900. The van der Waals surface area contributed by atoms with Gasteiger partial charge in [0.15, 0.2) is 0 Å². The summed E-state index contributed by atoms with van der Waals surface area (Å²) in [5, 5.41) is 19.1. The first-order valence-electron chi connectivity index (χ1n) is 9.62. The van der Waals surface area contributed by atoms with Crippen molar-refractivity contribution >= 4 is 11.8 Å². The molecule has 140 valence electrons. The number of carbonyl (C=O) groups excluding carboxylic acids is 1. The first-order chi connectivity index (χ1) is 11.2. The van der Waals surface area contributed by atoms with E-state index >= 15 is 0 Å². The predicted octanol–water partition coefficient (Wildman–Crippen LogP) is 4.73. The molecule has 1 saturated carbocycles. The van der Waals surface area contributed by atoms with Crippen molar-refractivity contribution in [3.8, 4) is 0 Å². The van der Waals surface area contributed by atoms with Crippen LogP contribution in [0.15, 0.2) is 0 Å². The second-order valence-electron chi connectivity index (χ2n) is 8.38. The maximum atomic E-state index is 11.4. The quantitative estimate of drug-likeness (QED) is 0.448. The number of hydrogen-bond donors (Lipinski definition) is 2. The van der Waals surface area contributed by atoms with E-state index in [0.717, 1.165) is 77.0 Å². The molecule has 1 atom stereocenters. The van der Waals surface area contributed by atoms with E-state index in [4.69, 9.17) is 5.11 Å². The molecule has 24 heavy (non-hydrogen) atoms. The van der Waals surface area contributed by atoms with E-state index in [0.29, 0.717) is 0 Å². The summed E-state index contributed by atoms with van der Waals surface area (Å²) in [6.07, 6.45) is 10.9. The molecule has 1 fully saturated rings. The van der Waals surface area contributed by atoms with Crippen LogP contribution in [0.3, 0.4) is 0 Å². The van der Waals surface area contributed by atoms with Gasteiger partial charge in [0.05, 0.1) is 11.5 Å². The molecule has 0 radical (unpaired) electrons. The van der Waals surface area contributed by atoms with Crippen molar-refractivity contribution in [2.75, 3.05) is 0 Å². The van der Waals surface area contributed by atoms with E-state index in [1.165, 1.54) is 0 Å². The second-order valence-corrected chi connectivity index (χ2v) is 8.38. The van der Waals surface area contributed by atoms with Crippen LogP contribution in [0.2, 0.25) is 0 Å². The van der Waals surface area contributed by atoms with Crippen LogP contribution in [0.4, 0.5) is 0 Å². The minimum atomic E-state index is -0.629. The van der Waals surface area contributed by atoms with Gasteiger partial charge in [-0.2, -0.15) is 0 Å². The molecule has 4 heteroatoms. The molecule has 1 unspecified atom stereocenters. The molecule has 2 N–H and O–H groups in total. The van der Waals surface area contributed by atoms with Crippen molar-refractivity contribution in [3.05, 3.63) is 0 Å². The summed E-state index contributed by atoms with van der Waals surface area (Å²) in [6.45, 7) is 5.66. The number of ketones is 1. The molecular weight excluding hydrogens is 304 g/mol. The van der Waals surface area contributed by atoms with Gasteiger partial charge in [-0.1, -0.05) is 52.4 Å². The van der Waals surface area contributed by atoms with Crippen molar-refractivity contribution in [1.29, 1.82) is 0 Å². The molecule has 0 spiro atoms. The third-order valence-corrected chi connectivity index (χ3v) is 5.79. The Bertz CT molecular complexity index is 384. The Morgan fingerprint density at radius 3 is 2.00 bits per heavy atom. The van der Waals surface area contributed by atoms with Crippen LogP contribution >= 0.6 is 0 Å². The normalized spacial score (nSPS) is 17.5. The minimum Gasteiger partial charge on any atom is -0.481 e. The van der Waals surface area contributed by atoms with Crippen LogP contribution in [-0.4, -0.2) is 28.1 Å². The number of carbonyl (C=O) groups is 2. The van der Waals surface area contributed by atoms with Crippen LogP contribution in [0.1, 0.15) is 97.8 Å². The summed E-state index contributed by atoms with van der Waals surface area (Å²) in [5.74, 6) is -0.381. The standard InChI is InChI=1S/C20H36O4/c1-16(21)19(2,3)12-8-4-6-10-17(22)11-7-5-9-13-20(14-15-20)18(23)24/h17,22H,4-15H2,1-3H3,(H,23,24). The molecule has 1 aliphatic rings. The second kappa shape index (κ2) is 9.55. The number of rotatable bonds is 14. The molecule has 0 amide bonds. The van der Waals surface area contributed by atoms with Gasteiger partial charge in [0, 0.05) is 5.41 Å². The van der Waals surface area contributed by atoms with Crippen LogP contribution in [0.5, 0.6) is 0 Å². The molecule has 4 nitrogen and oxygen atoms in total. The van der Waals surface area contributed by atoms with E-state index in [-0.39, 0.29) is 17.3 Å². The lowest BCUT2D eigenvalue weighted by molar-refractivity contribution is -0.143. The fourth-order valence-corrected chi connectivity index (χ4v) is 3.19. The van der Waals surface area contributed by atoms with Crippen molar-refractivity contribution in [2.24, 2.45) is 10.8 Å². The van der Waals surface area contributed by atoms with Gasteiger partial charge in [-0.15, -0.1) is 0 Å². The molecule has 0 aromatic heterocycles. The summed E-state index contributed by atoms with van der Waals surface area (Å²) in [4.78, 5) is 22.5. The summed E-state index contributed by atoms with van der Waals surface area (Å²) >= 11 is 0. The molecule has 0 aromatic carbocycles. The summed E-state index contributed by atoms with van der Waals surface area (Å²) in [5.41, 5.74) is -0.611. The number of aliphatic carboxylic acids is 1. The number of carboxylic acids is 1. The Morgan fingerprint density at radius 1 is 1.00 bits per heavy atom. The maximum Gasteiger partial charge on any atom is 0.309 e. The van der Waals surface area contributed by atoms with E-state index in [1.54, 1.807) is 6.92 Å². The van der Waals surface area contributed by atoms with Crippen LogP contribution in [0, 0.1) is 10.8 Å². The maximum absolute atomic E-state index is 11.4. The zero-order valence-electron chi connectivity index (χ0n) is 15.8. The third-order valence-electron chi connectivity index (χ3n) is 5.79. The zero-order valence-corrected chi connectivity index (χ0v) is 15.8. The van der Waals surface area contributed by atoms with E-state index < -0.39 is 11.4 Å². The Morgan fingerprint density at radius 2 is 1.54 bits per heavy atom. The fourth-order valence-electron chi connectivity index (χ4n) is 3.19. The number of aliphatic hydroxyl groups is 1. The van der Waals surface area contributed by atoms with Gasteiger partial charge in [0.2, 0.25) is 0 Å². The zero-order chi connectivity index (χ0) is 18.2. The van der Waals surface area contributed by atoms with E-state index in [1.807, 2.05) is 13.8 Å². The first-order valence-corrected chi connectivity index (χ1v) is 9.62. The highest BCUT2D eigenvalue weighted by Crippen LogP contribution is 2.50. The molecule has 1 aliphatic carbocycles. The highest BCUT2D eigenvalue weighted by atomic mass is 16.4. The summed E-state index contributed by atoms with van der Waals surface area (Å²) < 4.78 is 0. The third kappa shape index (κ3) is 7.33. The first kappa shape index (κ1) is 21.1. The van der Waals surface area contributed by atoms with Gasteiger partial charge >= 0.3 is 5.97 Å². The van der Waals surface area contributed by atoms with Gasteiger partial charge in [0.25, 0.3) is 0 Å². The summed E-state index contributed by atoms with van der Waals surface area (Å²) in [6, 6.07) is 0. The summed E-state index contributed by atoms with van der Waals surface area (Å²) in [7, 11) is 0. The highest BCUT2D eigenvalue weighted by molar-refractivity contribution is 5.81. The number of Topliss-reactive ketones (excluding diaryl/α,β-unsaturated/α-hetero) is 1. The topological polar surface area (TPSA) is 74.6 Å². The van der Waals surface area contributed by atoms with Gasteiger partial charge in [0.1, 0.15) is 5.78 Å². The monoisotopic (exact) mass is 340 g/mol. The molecule has 0 saturated heterocycles. The van der Waals surface area contributed by atoms with Crippen LogP contribution < -0.4 is 0 Å². The smallest absolute Gasteiger partial charge is 0.309 e. The van der Waals surface area contributed by atoms with Crippen molar-refractivity contribution in [2.45, 2.75) is 104 Å². The van der Waals surface area contributed by atoms with Crippen molar-refractivity contribution in [1.82, 2.24) is 0 Å². The lowest BCUT2D eigenvalue weighted by Gasteiger charge is -2.20. The molecule has 0 aliphatic heterocycles. The average Bonchev–Trinajstić information content (AvgIpc) is 3.27. The lowest BCUT2D eigenvalue weighted by Crippen LogP contribution is -2.20. The Balaban J connectivity index is 1.96. The number of carboxylic acid groups (broad SMARTS) is 1.